The van der Waals surface area contributed by atoms with Crippen molar-refractivity contribution in [1.29, 1.82) is 0 Å². The van der Waals surface area contributed by atoms with Crippen LogP contribution >= 0.6 is 11.3 Å². The SMILES string of the molecule is COc1c(O)c(C(=O)C=Cc2cccc(O)c2)c(OC)c2scnc12. The maximum Gasteiger partial charge on any atom is 0.193 e. The van der Waals surface area contributed by atoms with E-state index in [1.807, 2.05) is 0 Å². The second kappa shape index (κ2) is 6.82. The van der Waals surface area contributed by atoms with Gasteiger partial charge >= 0.3 is 0 Å². The Bertz CT molecular complexity index is 977. The lowest BCUT2D eigenvalue weighted by Gasteiger charge is -2.12. The number of benzene rings is 2. The van der Waals surface area contributed by atoms with Gasteiger partial charge in [0.15, 0.2) is 23.0 Å². The zero-order chi connectivity index (χ0) is 18.0. The third-order valence-electron chi connectivity index (χ3n) is 3.62. The van der Waals surface area contributed by atoms with Crippen LogP contribution in [0, 0.1) is 0 Å². The maximum atomic E-state index is 12.7. The Morgan fingerprint density at radius 2 is 1.96 bits per heavy atom. The number of phenols is 2. The van der Waals surface area contributed by atoms with Gasteiger partial charge in [0.1, 0.15) is 21.5 Å². The van der Waals surface area contributed by atoms with E-state index in [1.165, 1.54) is 43.8 Å². The number of carbonyl (C=O) groups is 1. The minimum absolute atomic E-state index is 0.00695. The molecule has 6 nitrogen and oxygen atoms in total. The van der Waals surface area contributed by atoms with Gasteiger partial charge in [0.05, 0.1) is 19.7 Å². The van der Waals surface area contributed by atoms with E-state index in [4.69, 9.17) is 9.47 Å². The quantitative estimate of drug-likeness (QED) is 0.535. The Labute approximate surface area is 147 Å². The molecule has 0 fully saturated rings. The number of hydrogen-bond acceptors (Lipinski definition) is 7. The summed E-state index contributed by atoms with van der Waals surface area (Å²) in [6.07, 6.45) is 2.85. The summed E-state index contributed by atoms with van der Waals surface area (Å²) >= 11 is 1.29. The van der Waals surface area contributed by atoms with E-state index < -0.39 is 5.78 Å². The standard InChI is InChI=1S/C18H15NO5S/c1-23-16-13(12(21)7-6-10-4-3-5-11(20)8-10)15(22)17(24-2)14-18(16)25-9-19-14/h3-9,20,22H,1-2H3. The molecular weight excluding hydrogens is 342 g/mol. The number of thiazole rings is 1. The van der Waals surface area contributed by atoms with E-state index in [0.717, 1.165) is 0 Å². The molecule has 0 amide bonds. The minimum Gasteiger partial charge on any atom is -0.508 e. The van der Waals surface area contributed by atoms with Crippen LogP contribution in [0.1, 0.15) is 15.9 Å². The zero-order valence-electron chi connectivity index (χ0n) is 13.5. The summed E-state index contributed by atoms with van der Waals surface area (Å²) in [4.78, 5) is 16.8. The molecule has 25 heavy (non-hydrogen) atoms. The Balaban J connectivity index is 2.10. The van der Waals surface area contributed by atoms with Crippen LogP contribution in [-0.2, 0) is 0 Å². The molecule has 7 heteroatoms. The van der Waals surface area contributed by atoms with E-state index in [0.29, 0.717) is 15.8 Å². The van der Waals surface area contributed by atoms with Crippen molar-refractivity contribution < 1.29 is 24.5 Å². The van der Waals surface area contributed by atoms with Crippen molar-refractivity contribution in [2.24, 2.45) is 0 Å². The van der Waals surface area contributed by atoms with Crippen LogP contribution < -0.4 is 9.47 Å². The van der Waals surface area contributed by atoms with Crippen molar-refractivity contribution in [2.75, 3.05) is 14.2 Å². The summed E-state index contributed by atoms with van der Waals surface area (Å²) in [5.74, 6) is -0.287. The van der Waals surface area contributed by atoms with Crippen molar-refractivity contribution in [3.8, 4) is 23.0 Å². The molecule has 3 rings (SSSR count). The minimum atomic E-state index is -0.453. The van der Waals surface area contributed by atoms with Crippen molar-refractivity contribution in [1.82, 2.24) is 4.98 Å². The number of rotatable bonds is 5. The van der Waals surface area contributed by atoms with Gasteiger partial charge in [-0.2, -0.15) is 0 Å². The molecule has 1 heterocycles. The first-order valence-corrected chi connectivity index (χ1v) is 8.16. The van der Waals surface area contributed by atoms with E-state index in [9.17, 15) is 15.0 Å². The summed E-state index contributed by atoms with van der Waals surface area (Å²) in [7, 11) is 2.83. The molecule has 0 saturated carbocycles. The molecule has 128 valence electrons. The van der Waals surface area contributed by atoms with Gasteiger partial charge in [-0.15, -0.1) is 11.3 Å². The highest BCUT2D eigenvalue weighted by Crippen LogP contribution is 2.46. The van der Waals surface area contributed by atoms with Crippen molar-refractivity contribution in [2.45, 2.75) is 0 Å². The molecule has 2 aromatic carbocycles. The zero-order valence-corrected chi connectivity index (χ0v) is 14.3. The van der Waals surface area contributed by atoms with Crippen LogP contribution in [0.5, 0.6) is 23.0 Å². The van der Waals surface area contributed by atoms with Gasteiger partial charge in [0, 0.05) is 0 Å². The molecular formula is C18H15NO5S. The van der Waals surface area contributed by atoms with Gasteiger partial charge in [-0.1, -0.05) is 18.2 Å². The number of hydrogen-bond donors (Lipinski definition) is 2. The first kappa shape index (κ1) is 16.8. The molecule has 0 radical (unpaired) electrons. The van der Waals surface area contributed by atoms with Crippen LogP contribution in [-0.4, -0.2) is 35.2 Å². The van der Waals surface area contributed by atoms with E-state index in [1.54, 1.807) is 23.7 Å². The van der Waals surface area contributed by atoms with E-state index >= 15 is 0 Å². The fourth-order valence-corrected chi connectivity index (χ4v) is 3.33. The molecule has 0 atom stereocenters. The summed E-state index contributed by atoms with van der Waals surface area (Å²) in [5.41, 5.74) is 2.69. The molecule has 0 aliphatic rings. The number of nitrogens with zero attached hydrogens (tertiary/aromatic N) is 1. The van der Waals surface area contributed by atoms with Gasteiger partial charge in [0.2, 0.25) is 0 Å². The topological polar surface area (TPSA) is 88.9 Å². The number of aromatic hydroxyl groups is 2. The largest absolute Gasteiger partial charge is 0.508 e. The molecule has 0 spiro atoms. The Hall–Kier alpha value is -3.06. The molecule has 1 aromatic heterocycles. The van der Waals surface area contributed by atoms with Gasteiger partial charge in [0.25, 0.3) is 0 Å². The lowest BCUT2D eigenvalue weighted by atomic mass is 10.0. The highest BCUT2D eigenvalue weighted by Gasteiger charge is 2.26. The predicted octanol–water partition coefficient (Wildman–Crippen LogP) is 3.62. The van der Waals surface area contributed by atoms with Crippen LogP contribution in [0.4, 0.5) is 0 Å². The molecule has 2 N–H and O–H groups in total. The molecule has 0 saturated heterocycles. The third-order valence-corrected chi connectivity index (χ3v) is 4.44. The smallest absolute Gasteiger partial charge is 0.193 e. The number of carbonyl (C=O) groups excluding carboxylic acids is 1. The van der Waals surface area contributed by atoms with Crippen molar-refractivity contribution >= 4 is 33.4 Å². The fraction of sp³-hybridized carbons (Fsp3) is 0.111. The van der Waals surface area contributed by atoms with Crippen LogP contribution in [0.25, 0.3) is 16.3 Å². The molecule has 0 aliphatic heterocycles. The Morgan fingerprint density at radius 3 is 2.64 bits per heavy atom. The fourth-order valence-electron chi connectivity index (χ4n) is 2.52. The lowest BCUT2D eigenvalue weighted by molar-refractivity contribution is 0.104. The maximum absolute atomic E-state index is 12.7. The number of aromatic nitrogens is 1. The average molecular weight is 357 g/mol. The van der Waals surface area contributed by atoms with E-state index in [2.05, 4.69) is 4.98 Å². The number of phenolic OH excluding ortho intramolecular Hbond substituents is 2. The predicted molar refractivity (Wildman–Crippen MR) is 95.9 cm³/mol. The first-order valence-electron chi connectivity index (χ1n) is 7.28. The van der Waals surface area contributed by atoms with Crippen molar-refractivity contribution in [3.63, 3.8) is 0 Å². The molecule has 0 unspecified atom stereocenters. The number of ether oxygens (including phenoxy) is 2. The number of methoxy groups -OCH3 is 2. The molecule has 0 bridgehead atoms. The molecule has 3 aromatic rings. The summed E-state index contributed by atoms with van der Waals surface area (Å²) in [6, 6.07) is 6.47. The monoisotopic (exact) mass is 357 g/mol. The summed E-state index contributed by atoms with van der Waals surface area (Å²) in [6.45, 7) is 0. The van der Waals surface area contributed by atoms with Gasteiger partial charge < -0.3 is 19.7 Å². The van der Waals surface area contributed by atoms with Crippen molar-refractivity contribution in [3.05, 3.63) is 47.0 Å². The first-order chi connectivity index (χ1) is 12.1. The summed E-state index contributed by atoms with van der Waals surface area (Å²) < 4.78 is 11.2. The Morgan fingerprint density at radius 1 is 1.20 bits per heavy atom. The lowest BCUT2D eigenvalue weighted by Crippen LogP contribution is -2.02. The van der Waals surface area contributed by atoms with Gasteiger partial charge in [-0.3, -0.25) is 4.79 Å². The second-order valence-electron chi connectivity index (χ2n) is 5.11. The number of ketones is 1. The molecule has 0 aliphatic carbocycles. The highest BCUT2D eigenvalue weighted by molar-refractivity contribution is 7.17. The second-order valence-corrected chi connectivity index (χ2v) is 5.97. The number of allylic oxidation sites excluding steroid dienone is 1. The van der Waals surface area contributed by atoms with E-state index in [-0.39, 0.29) is 28.6 Å². The van der Waals surface area contributed by atoms with Crippen LogP contribution in [0.15, 0.2) is 35.9 Å². The van der Waals surface area contributed by atoms with Crippen LogP contribution in [0.3, 0.4) is 0 Å². The van der Waals surface area contributed by atoms with Gasteiger partial charge in [-0.25, -0.2) is 4.98 Å². The average Bonchev–Trinajstić information content (AvgIpc) is 3.08. The Kier molecular flexibility index (Phi) is 4.58. The number of fused-ring (bicyclic) bond motifs is 1. The third kappa shape index (κ3) is 3.01. The van der Waals surface area contributed by atoms with Crippen LogP contribution in [0.2, 0.25) is 0 Å². The normalized spacial score (nSPS) is 11.1. The highest BCUT2D eigenvalue weighted by atomic mass is 32.1. The van der Waals surface area contributed by atoms with Gasteiger partial charge in [-0.05, 0) is 23.8 Å². The summed E-state index contributed by atoms with van der Waals surface area (Å²) in [5, 5.41) is 20.0.